The summed E-state index contributed by atoms with van der Waals surface area (Å²) >= 11 is 6.94. The van der Waals surface area contributed by atoms with Gasteiger partial charge in [0.15, 0.2) is 5.82 Å². The predicted molar refractivity (Wildman–Crippen MR) is 49.4 cm³/mol. The third kappa shape index (κ3) is 1.94. The van der Waals surface area contributed by atoms with Crippen LogP contribution in [0, 0.1) is 0 Å². The third-order valence-electron chi connectivity index (χ3n) is 2.01. The lowest BCUT2D eigenvalue weighted by Gasteiger charge is -2.10. The fourth-order valence-electron chi connectivity index (χ4n) is 1.44. The Hall–Kier alpha value is -0.190. The molecular weight excluding hydrogens is 194 g/mol. The van der Waals surface area contributed by atoms with Gasteiger partial charge in [0.2, 0.25) is 4.47 Å². The third-order valence-corrected chi connectivity index (χ3v) is 2.84. The normalized spacial score (nSPS) is 18.8. The van der Waals surface area contributed by atoms with Crippen LogP contribution in [0.4, 0.5) is 0 Å². The van der Waals surface area contributed by atoms with Crippen LogP contribution in [0.3, 0.4) is 0 Å². The highest BCUT2D eigenvalue weighted by atomic mass is 35.5. The van der Waals surface area contributed by atoms with Crippen molar-refractivity contribution in [3.63, 3.8) is 0 Å². The summed E-state index contributed by atoms with van der Waals surface area (Å²) in [5.74, 6) is 0.868. The van der Waals surface area contributed by atoms with E-state index in [4.69, 9.17) is 11.6 Å². The van der Waals surface area contributed by atoms with Gasteiger partial charge in [-0.2, -0.15) is 4.37 Å². The van der Waals surface area contributed by atoms with Gasteiger partial charge < -0.3 is 0 Å². The summed E-state index contributed by atoms with van der Waals surface area (Å²) in [5.41, 5.74) is 0. The lowest BCUT2D eigenvalue weighted by atomic mass is 10.4. The molecular formula is C7H10ClN3S. The van der Waals surface area contributed by atoms with Crippen molar-refractivity contribution < 1.29 is 0 Å². The maximum Gasteiger partial charge on any atom is 0.203 e. The molecule has 0 radical (unpaired) electrons. The highest BCUT2D eigenvalue weighted by molar-refractivity contribution is 7.10. The van der Waals surface area contributed by atoms with E-state index in [-0.39, 0.29) is 0 Å². The van der Waals surface area contributed by atoms with E-state index in [0.29, 0.717) is 4.47 Å². The zero-order valence-electron chi connectivity index (χ0n) is 6.66. The predicted octanol–water partition coefficient (Wildman–Crippen LogP) is 1.79. The standard InChI is InChI=1S/C7H10ClN3S/c8-7-9-6(10-12-7)5-11-3-1-2-4-11/h1-5H2. The summed E-state index contributed by atoms with van der Waals surface area (Å²) in [6.45, 7) is 3.22. The highest BCUT2D eigenvalue weighted by Crippen LogP contribution is 2.14. The summed E-state index contributed by atoms with van der Waals surface area (Å²) in [6, 6.07) is 0. The number of nitrogens with zero attached hydrogens (tertiary/aromatic N) is 3. The average molecular weight is 204 g/mol. The Balaban J connectivity index is 1.94. The van der Waals surface area contributed by atoms with Crippen LogP contribution in [0.5, 0.6) is 0 Å². The summed E-state index contributed by atoms with van der Waals surface area (Å²) in [4.78, 5) is 6.46. The van der Waals surface area contributed by atoms with Gasteiger partial charge in [0.05, 0.1) is 6.54 Å². The van der Waals surface area contributed by atoms with Crippen molar-refractivity contribution in [1.29, 1.82) is 0 Å². The molecule has 0 aromatic carbocycles. The Morgan fingerprint density at radius 3 is 2.75 bits per heavy atom. The molecule has 1 aliphatic heterocycles. The van der Waals surface area contributed by atoms with Gasteiger partial charge in [-0.1, -0.05) is 0 Å². The molecule has 0 N–H and O–H groups in total. The number of halogens is 1. The van der Waals surface area contributed by atoms with Crippen molar-refractivity contribution in [3.05, 3.63) is 10.3 Å². The van der Waals surface area contributed by atoms with E-state index in [2.05, 4.69) is 14.3 Å². The lowest BCUT2D eigenvalue weighted by molar-refractivity contribution is 0.324. The van der Waals surface area contributed by atoms with Crippen LogP contribution in [-0.2, 0) is 6.54 Å². The largest absolute Gasteiger partial charge is 0.296 e. The van der Waals surface area contributed by atoms with Crippen LogP contribution in [-0.4, -0.2) is 27.3 Å². The maximum atomic E-state index is 5.67. The van der Waals surface area contributed by atoms with E-state index < -0.39 is 0 Å². The minimum atomic E-state index is 0.546. The second-order valence-electron chi connectivity index (χ2n) is 2.95. The first-order valence-electron chi connectivity index (χ1n) is 4.05. The van der Waals surface area contributed by atoms with Gasteiger partial charge in [-0.05, 0) is 49.1 Å². The molecule has 0 aliphatic carbocycles. The number of aromatic nitrogens is 2. The number of rotatable bonds is 2. The maximum absolute atomic E-state index is 5.67. The van der Waals surface area contributed by atoms with Crippen molar-refractivity contribution in [1.82, 2.24) is 14.3 Å². The van der Waals surface area contributed by atoms with Crippen molar-refractivity contribution in [2.24, 2.45) is 0 Å². The van der Waals surface area contributed by atoms with Crippen LogP contribution >= 0.6 is 23.1 Å². The molecule has 5 heteroatoms. The van der Waals surface area contributed by atoms with Gasteiger partial charge in [-0.3, -0.25) is 4.90 Å². The molecule has 0 atom stereocenters. The molecule has 12 heavy (non-hydrogen) atoms. The number of hydrogen-bond donors (Lipinski definition) is 0. The van der Waals surface area contributed by atoms with Gasteiger partial charge in [-0.25, -0.2) is 4.98 Å². The topological polar surface area (TPSA) is 29.0 Å². The Kier molecular flexibility index (Phi) is 2.58. The van der Waals surface area contributed by atoms with Gasteiger partial charge in [-0.15, -0.1) is 0 Å². The van der Waals surface area contributed by atoms with E-state index >= 15 is 0 Å². The first-order valence-corrected chi connectivity index (χ1v) is 5.20. The first-order chi connectivity index (χ1) is 5.84. The van der Waals surface area contributed by atoms with Crippen LogP contribution in [0.15, 0.2) is 0 Å². The summed E-state index contributed by atoms with van der Waals surface area (Å²) in [7, 11) is 0. The fourth-order valence-corrected chi connectivity index (χ4v) is 2.06. The zero-order chi connectivity index (χ0) is 8.39. The number of hydrogen-bond acceptors (Lipinski definition) is 4. The molecule has 3 nitrogen and oxygen atoms in total. The average Bonchev–Trinajstić information content (AvgIpc) is 2.63. The quantitative estimate of drug-likeness (QED) is 0.734. The zero-order valence-corrected chi connectivity index (χ0v) is 8.24. The Labute approximate surface area is 80.5 Å². The molecule has 2 rings (SSSR count). The molecule has 1 fully saturated rings. The summed E-state index contributed by atoms with van der Waals surface area (Å²) in [6.07, 6.45) is 2.61. The molecule has 0 bridgehead atoms. The second kappa shape index (κ2) is 3.68. The minimum Gasteiger partial charge on any atom is -0.296 e. The highest BCUT2D eigenvalue weighted by Gasteiger charge is 2.13. The SMILES string of the molecule is Clc1nc(CN2CCCC2)ns1. The Morgan fingerprint density at radius 1 is 1.42 bits per heavy atom. The monoisotopic (exact) mass is 203 g/mol. The molecule has 1 saturated heterocycles. The van der Waals surface area contributed by atoms with E-state index in [0.717, 1.165) is 12.4 Å². The van der Waals surface area contributed by atoms with Crippen LogP contribution in [0.25, 0.3) is 0 Å². The van der Waals surface area contributed by atoms with Crippen molar-refractivity contribution in [2.45, 2.75) is 19.4 Å². The van der Waals surface area contributed by atoms with Crippen LogP contribution in [0.1, 0.15) is 18.7 Å². The second-order valence-corrected chi connectivity index (χ2v) is 4.28. The molecule has 2 heterocycles. The van der Waals surface area contributed by atoms with Crippen LogP contribution < -0.4 is 0 Å². The molecule has 1 aliphatic rings. The van der Waals surface area contributed by atoms with E-state index in [9.17, 15) is 0 Å². The van der Waals surface area contributed by atoms with Gasteiger partial charge in [0.1, 0.15) is 0 Å². The lowest BCUT2D eigenvalue weighted by Crippen LogP contribution is -2.18. The first kappa shape index (κ1) is 8.41. The Bertz CT molecular complexity index is 257. The summed E-state index contributed by atoms with van der Waals surface area (Å²) < 4.78 is 4.68. The smallest absolute Gasteiger partial charge is 0.203 e. The Morgan fingerprint density at radius 2 is 2.17 bits per heavy atom. The number of likely N-dealkylation sites (tertiary alicyclic amines) is 1. The van der Waals surface area contributed by atoms with E-state index in [1.54, 1.807) is 0 Å². The van der Waals surface area contributed by atoms with Gasteiger partial charge >= 0.3 is 0 Å². The molecule has 1 aromatic heterocycles. The van der Waals surface area contributed by atoms with Crippen molar-refractivity contribution >= 4 is 23.1 Å². The van der Waals surface area contributed by atoms with Gasteiger partial charge in [0, 0.05) is 0 Å². The molecule has 66 valence electrons. The molecule has 0 amide bonds. The molecule has 1 aromatic rings. The van der Waals surface area contributed by atoms with Crippen LogP contribution in [0.2, 0.25) is 4.47 Å². The van der Waals surface area contributed by atoms with E-state index in [1.165, 1.54) is 37.5 Å². The summed E-state index contributed by atoms with van der Waals surface area (Å²) in [5, 5.41) is 0. The minimum absolute atomic E-state index is 0.546. The fraction of sp³-hybridized carbons (Fsp3) is 0.714. The van der Waals surface area contributed by atoms with E-state index in [1.807, 2.05) is 0 Å². The van der Waals surface area contributed by atoms with Crippen molar-refractivity contribution in [3.8, 4) is 0 Å². The molecule has 0 saturated carbocycles. The molecule has 0 unspecified atom stereocenters. The molecule has 0 spiro atoms. The van der Waals surface area contributed by atoms with Crippen molar-refractivity contribution in [2.75, 3.05) is 13.1 Å². The van der Waals surface area contributed by atoms with Gasteiger partial charge in [0.25, 0.3) is 0 Å².